The van der Waals surface area contributed by atoms with Crippen LogP contribution in [0.5, 0.6) is 0 Å². The molecule has 0 radical (unpaired) electrons. The van der Waals surface area contributed by atoms with E-state index in [9.17, 15) is 0 Å². The zero-order valence-corrected chi connectivity index (χ0v) is 9.19. The molecule has 1 saturated heterocycles. The Bertz CT molecular complexity index is 106. The molecule has 1 heterocycles. The topological polar surface area (TPSA) is 9.23 Å². The lowest BCUT2D eigenvalue weighted by molar-refractivity contribution is 0.107. The van der Waals surface area contributed by atoms with Crippen molar-refractivity contribution in [3.05, 3.63) is 0 Å². The zero-order chi connectivity index (χ0) is 7.56. The lowest BCUT2D eigenvalue weighted by atomic mass is 10.1. The Morgan fingerprint density at radius 1 is 1.50 bits per heavy atom. The number of ether oxygens (including phenoxy) is 1. The van der Waals surface area contributed by atoms with Gasteiger partial charge in [-0.05, 0) is 6.42 Å². The molecule has 3 heteroatoms. The van der Waals surface area contributed by atoms with Crippen LogP contribution in [0.1, 0.15) is 19.8 Å². The van der Waals surface area contributed by atoms with Crippen LogP contribution in [0.2, 0.25) is 0 Å². The van der Waals surface area contributed by atoms with Crippen LogP contribution in [-0.2, 0) is 4.74 Å². The number of hydrogen-bond donors (Lipinski definition) is 0. The van der Waals surface area contributed by atoms with Crippen molar-refractivity contribution in [1.29, 1.82) is 0 Å². The van der Waals surface area contributed by atoms with Crippen LogP contribution >= 0.6 is 31.9 Å². The largest absolute Gasteiger partial charge is 0.376 e. The Balaban J connectivity index is 2.33. The molecule has 1 aliphatic rings. The van der Waals surface area contributed by atoms with Gasteiger partial charge >= 0.3 is 0 Å². The summed E-state index contributed by atoms with van der Waals surface area (Å²) in [5, 5.41) is 0. The summed E-state index contributed by atoms with van der Waals surface area (Å²) < 4.78 is 5.52. The molecule has 1 fully saturated rings. The van der Waals surface area contributed by atoms with Crippen molar-refractivity contribution in [3.63, 3.8) is 0 Å². The quantitative estimate of drug-likeness (QED) is 0.702. The first-order valence-electron chi connectivity index (χ1n) is 3.65. The highest BCUT2D eigenvalue weighted by molar-refractivity contribution is 9.12. The van der Waals surface area contributed by atoms with Gasteiger partial charge in [0.05, 0.1) is 22.4 Å². The van der Waals surface area contributed by atoms with Crippen LogP contribution < -0.4 is 0 Å². The van der Waals surface area contributed by atoms with Crippen LogP contribution in [0.25, 0.3) is 0 Å². The van der Waals surface area contributed by atoms with Gasteiger partial charge in [-0.25, -0.2) is 0 Å². The number of rotatable bonds is 2. The van der Waals surface area contributed by atoms with Crippen molar-refractivity contribution >= 4 is 31.9 Å². The van der Waals surface area contributed by atoms with Gasteiger partial charge in [-0.1, -0.05) is 45.2 Å². The second-order valence-corrected chi connectivity index (χ2v) is 4.85. The maximum absolute atomic E-state index is 5.52. The van der Waals surface area contributed by atoms with Crippen LogP contribution in [0.4, 0.5) is 0 Å². The molecule has 0 bridgehead atoms. The van der Waals surface area contributed by atoms with Gasteiger partial charge in [0, 0.05) is 0 Å². The molecule has 10 heavy (non-hydrogen) atoms. The second kappa shape index (κ2) is 4.07. The third-order valence-electron chi connectivity index (χ3n) is 1.74. The molecular formula is C7H12Br2O. The van der Waals surface area contributed by atoms with Crippen LogP contribution in [0.3, 0.4) is 0 Å². The average molecular weight is 272 g/mol. The van der Waals surface area contributed by atoms with Crippen molar-refractivity contribution in [2.24, 2.45) is 0 Å². The zero-order valence-electron chi connectivity index (χ0n) is 6.02. The van der Waals surface area contributed by atoms with Gasteiger partial charge in [0.25, 0.3) is 0 Å². The summed E-state index contributed by atoms with van der Waals surface area (Å²) in [6.45, 7) is 3.03. The fraction of sp³-hybridized carbons (Fsp3) is 1.00. The smallest absolute Gasteiger partial charge is 0.0712 e. The molecule has 0 aromatic rings. The number of hydrogen-bond acceptors (Lipinski definition) is 1. The van der Waals surface area contributed by atoms with Crippen LogP contribution in [0.15, 0.2) is 0 Å². The summed E-state index contributed by atoms with van der Waals surface area (Å²) >= 11 is 7.14. The third kappa shape index (κ3) is 1.95. The highest BCUT2D eigenvalue weighted by Gasteiger charge is 2.32. The van der Waals surface area contributed by atoms with E-state index < -0.39 is 0 Å². The van der Waals surface area contributed by atoms with E-state index in [2.05, 4.69) is 38.8 Å². The molecule has 0 aromatic carbocycles. The highest BCUT2D eigenvalue weighted by atomic mass is 79.9. The van der Waals surface area contributed by atoms with Gasteiger partial charge in [0.15, 0.2) is 0 Å². The van der Waals surface area contributed by atoms with Crippen molar-refractivity contribution in [2.75, 3.05) is 6.61 Å². The average Bonchev–Trinajstić information content (AvgIpc) is 2.20. The Kier molecular flexibility index (Phi) is 3.67. The number of alkyl halides is 2. The van der Waals surface area contributed by atoms with E-state index in [4.69, 9.17) is 4.74 Å². The van der Waals surface area contributed by atoms with E-state index in [0.717, 1.165) is 13.0 Å². The van der Waals surface area contributed by atoms with Gasteiger partial charge in [-0.15, -0.1) is 0 Å². The molecule has 0 spiro atoms. The molecule has 0 N–H and O–H groups in total. The van der Waals surface area contributed by atoms with Crippen molar-refractivity contribution in [3.8, 4) is 0 Å². The molecule has 0 saturated carbocycles. The summed E-state index contributed by atoms with van der Waals surface area (Å²) in [6, 6.07) is 0. The van der Waals surface area contributed by atoms with Gasteiger partial charge in [-0.3, -0.25) is 0 Å². The molecule has 3 unspecified atom stereocenters. The van der Waals surface area contributed by atoms with E-state index in [1.807, 2.05) is 0 Å². The normalized spacial score (nSPS) is 40.5. The lowest BCUT2D eigenvalue weighted by Gasteiger charge is -2.11. The number of halogens is 2. The van der Waals surface area contributed by atoms with E-state index in [1.165, 1.54) is 6.42 Å². The summed E-state index contributed by atoms with van der Waals surface area (Å²) in [5.74, 6) is 0. The van der Waals surface area contributed by atoms with E-state index in [-0.39, 0.29) is 0 Å². The Morgan fingerprint density at radius 3 is 2.60 bits per heavy atom. The summed E-state index contributed by atoms with van der Waals surface area (Å²) in [7, 11) is 0. The summed E-state index contributed by atoms with van der Waals surface area (Å²) in [4.78, 5) is 1.01. The summed E-state index contributed by atoms with van der Waals surface area (Å²) in [6.07, 6.45) is 2.79. The van der Waals surface area contributed by atoms with Crippen molar-refractivity contribution in [1.82, 2.24) is 0 Å². The van der Waals surface area contributed by atoms with E-state index >= 15 is 0 Å². The minimum atomic E-state index is 0.425. The van der Waals surface area contributed by atoms with E-state index in [1.54, 1.807) is 0 Å². The standard InChI is InChI=1S/C7H12Br2O/c1-2-3-6-7(9)5(8)4-10-6/h5-7H,2-4H2,1H3. The predicted molar refractivity (Wildman–Crippen MR) is 50.1 cm³/mol. The summed E-state index contributed by atoms with van der Waals surface area (Å²) in [5.41, 5.74) is 0. The minimum Gasteiger partial charge on any atom is -0.376 e. The molecule has 0 aliphatic carbocycles. The lowest BCUT2D eigenvalue weighted by Crippen LogP contribution is -2.19. The molecule has 1 nitrogen and oxygen atoms in total. The van der Waals surface area contributed by atoms with Gasteiger partial charge < -0.3 is 4.74 Å². The first-order valence-corrected chi connectivity index (χ1v) is 5.48. The first-order chi connectivity index (χ1) is 4.75. The van der Waals surface area contributed by atoms with E-state index in [0.29, 0.717) is 15.8 Å². The minimum absolute atomic E-state index is 0.425. The SMILES string of the molecule is CCCC1OCC(Br)C1Br. The van der Waals surface area contributed by atoms with Gasteiger partial charge in [0.1, 0.15) is 0 Å². The first kappa shape index (κ1) is 9.01. The highest BCUT2D eigenvalue weighted by Crippen LogP contribution is 2.29. The van der Waals surface area contributed by atoms with Crippen LogP contribution in [0, 0.1) is 0 Å². The fourth-order valence-electron chi connectivity index (χ4n) is 1.16. The molecule has 1 rings (SSSR count). The third-order valence-corrected chi connectivity index (χ3v) is 4.51. The molecule has 1 aliphatic heterocycles. The molecular weight excluding hydrogens is 260 g/mol. The maximum atomic E-state index is 5.52. The Labute approximate surface area is 78.8 Å². The van der Waals surface area contributed by atoms with Crippen molar-refractivity contribution in [2.45, 2.75) is 35.5 Å². The predicted octanol–water partition coefficient (Wildman–Crippen LogP) is 2.71. The van der Waals surface area contributed by atoms with Crippen LogP contribution in [-0.4, -0.2) is 22.4 Å². The maximum Gasteiger partial charge on any atom is 0.0712 e. The molecule has 60 valence electrons. The monoisotopic (exact) mass is 270 g/mol. The Morgan fingerprint density at radius 2 is 2.20 bits per heavy atom. The molecule has 3 atom stereocenters. The fourth-order valence-corrected chi connectivity index (χ4v) is 2.22. The van der Waals surface area contributed by atoms with Gasteiger partial charge in [-0.2, -0.15) is 0 Å². The molecule has 0 amide bonds. The second-order valence-electron chi connectivity index (χ2n) is 2.62. The van der Waals surface area contributed by atoms with Crippen molar-refractivity contribution < 1.29 is 4.74 Å². The van der Waals surface area contributed by atoms with Gasteiger partial charge in [0.2, 0.25) is 0 Å². The molecule has 0 aromatic heterocycles. The Hall–Kier alpha value is 0.920.